The first-order chi connectivity index (χ1) is 15.4. The van der Waals surface area contributed by atoms with Gasteiger partial charge in [0.25, 0.3) is 0 Å². The number of ether oxygens (including phenoxy) is 2. The van der Waals surface area contributed by atoms with E-state index in [0.717, 1.165) is 16.2 Å². The van der Waals surface area contributed by atoms with Crippen molar-refractivity contribution < 1.29 is 17.9 Å². The lowest BCUT2D eigenvalue weighted by Gasteiger charge is -2.11. The summed E-state index contributed by atoms with van der Waals surface area (Å²) in [6.45, 7) is 0.472. The van der Waals surface area contributed by atoms with E-state index >= 15 is 0 Å². The molecule has 14 heteroatoms. The molecule has 166 valence electrons. The van der Waals surface area contributed by atoms with Crippen molar-refractivity contribution >= 4 is 38.8 Å². The van der Waals surface area contributed by atoms with Crippen LogP contribution in [0.5, 0.6) is 11.5 Å². The van der Waals surface area contributed by atoms with Crippen LogP contribution in [-0.4, -0.2) is 50.7 Å². The first-order valence-electron chi connectivity index (χ1n) is 9.47. The average Bonchev–Trinajstić information content (AvgIpc) is 3.48. The quantitative estimate of drug-likeness (QED) is 0.354. The minimum atomic E-state index is -3.59. The summed E-state index contributed by atoms with van der Waals surface area (Å²) in [5, 5.41) is 12.7. The van der Waals surface area contributed by atoms with E-state index in [-0.39, 0.29) is 24.8 Å². The Bertz CT molecular complexity index is 1400. The summed E-state index contributed by atoms with van der Waals surface area (Å²) in [4.78, 5) is 13.8. The zero-order valence-electron chi connectivity index (χ0n) is 16.6. The van der Waals surface area contributed by atoms with E-state index in [2.05, 4.69) is 25.1 Å². The van der Waals surface area contributed by atoms with Crippen LogP contribution in [0.15, 0.2) is 40.8 Å². The Morgan fingerprint density at radius 1 is 1.22 bits per heavy atom. The van der Waals surface area contributed by atoms with Crippen molar-refractivity contribution in [3.63, 3.8) is 0 Å². The molecule has 1 aliphatic rings. The van der Waals surface area contributed by atoms with E-state index in [4.69, 9.17) is 20.3 Å². The lowest BCUT2D eigenvalue weighted by molar-refractivity contribution is 0.174. The number of aromatic amines is 1. The van der Waals surface area contributed by atoms with Gasteiger partial charge in [0.2, 0.25) is 16.8 Å². The molecule has 3 aromatic heterocycles. The average molecular weight is 475 g/mol. The standard InChI is InChI=1S/C18H18N8O4S2/c19-16-15-17(22-8-21-16)26(4-1-5-32(20,27)28)18(24-15)31-14-7-13-12(29-9-30-13)6-10(14)11-2-3-23-25-11/h2-3,6-8H,1,4-5,9H2,(H,23,25)(H2,19,21,22)(H2,20,27,28). The normalized spacial score (nSPS) is 13.2. The number of nitrogens with zero attached hydrogens (tertiary/aromatic N) is 5. The number of H-pyrrole nitrogens is 1. The van der Waals surface area contributed by atoms with Crippen molar-refractivity contribution in [1.29, 1.82) is 0 Å². The van der Waals surface area contributed by atoms with Gasteiger partial charge in [-0.25, -0.2) is 28.5 Å². The number of rotatable bonds is 7. The molecule has 0 saturated heterocycles. The van der Waals surface area contributed by atoms with Crippen molar-refractivity contribution in [2.45, 2.75) is 23.0 Å². The van der Waals surface area contributed by atoms with Crippen LogP contribution >= 0.6 is 11.8 Å². The second kappa shape index (κ2) is 7.96. The third-order valence-electron chi connectivity index (χ3n) is 4.80. The van der Waals surface area contributed by atoms with Crippen LogP contribution < -0.4 is 20.3 Å². The summed E-state index contributed by atoms with van der Waals surface area (Å²) >= 11 is 1.36. The Hall–Kier alpha value is -3.36. The van der Waals surface area contributed by atoms with Crippen LogP contribution in [0.2, 0.25) is 0 Å². The molecular weight excluding hydrogens is 456 g/mol. The number of hydrogen-bond donors (Lipinski definition) is 3. The fraction of sp³-hybridized carbons (Fsp3) is 0.222. The summed E-state index contributed by atoms with van der Waals surface area (Å²) in [6, 6.07) is 5.59. The molecule has 32 heavy (non-hydrogen) atoms. The molecule has 4 heterocycles. The van der Waals surface area contributed by atoms with Gasteiger partial charge in [0.15, 0.2) is 33.6 Å². The second-order valence-electron chi connectivity index (χ2n) is 6.97. The van der Waals surface area contributed by atoms with Crippen LogP contribution in [0.25, 0.3) is 22.4 Å². The smallest absolute Gasteiger partial charge is 0.231 e. The second-order valence-corrected chi connectivity index (χ2v) is 9.71. The van der Waals surface area contributed by atoms with Gasteiger partial charge in [0.1, 0.15) is 6.33 Å². The Morgan fingerprint density at radius 3 is 2.78 bits per heavy atom. The molecule has 0 amide bonds. The number of benzene rings is 1. The lowest BCUT2D eigenvalue weighted by atomic mass is 10.1. The van der Waals surface area contributed by atoms with E-state index < -0.39 is 10.0 Å². The predicted molar refractivity (Wildman–Crippen MR) is 117 cm³/mol. The largest absolute Gasteiger partial charge is 0.454 e. The molecule has 0 unspecified atom stereocenters. The Labute approximate surface area is 186 Å². The number of aryl methyl sites for hydroxylation is 1. The fourth-order valence-electron chi connectivity index (χ4n) is 3.36. The van der Waals surface area contributed by atoms with Crippen LogP contribution in [0.1, 0.15) is 6.42 Å². The number of sulfonamides is 1. The lowest BCUT2D eigenvalue weighted by Crippen LogP contribution is -2.18. The Morgan fingerprint density at radius 2 is 2.03 bits per heavy atom. The molecule has 0 bridgehead atoms. The van der Waals surface area contributed by atoms with Crippen molar-refractivity contribution in [2.75, 3.05) is 18.3 Å². The van der Waals surface area contributed by atoms with Gasteiger partial charge in [0.05, 0.1) is 11.4 Å². The molecule has 4 aromatic rings. The first-order valence-corrected chi connectivity index (χ1v) is 12.0. The zero-order valence-corrected chi connectivity index (χ0v) is 18.2. The summed E-state index contributed by atoms with van der Waals surface area (Å²) in [5.74, 6) is 1.32. The zero-order chi connectivity index (χ0) is 22.3. The number of nitrogen functional groups attached to an aromatic ring is 1. The maximum Gasteiger partial charge on any atom is 0.231 e. The summed E-state index contributed by atoms with van der Waals surface area (Å²) in [6.07, 6.45) is 3.30. The van der Waals surface area contributed by atoms with Gasteiger partial charge in [-0.05, 0) is 24.6 Å². The van der Waals surface area contributed by atoms with Crippen LogP contribution in [-0.2, 0) is 16.6 Å². The van der Waals surface area contributed by atoms with Crippen molar-refractivity contribution in [3.8, 4) is 22.8 Å². The number of hydrogen-bond acceptors (Lipinski definition) is 10. The highest BCUT2D eigenvalue weighted by atomic mass is 32.2. The molecule has 0 atom stereocenters. The van der Waals surface area contributed by atoms with Gasteiger partial charge in [-0.15, -0.1) is 0 Å². The van der Waals surface area contributed by atoms with E-state index in [1.165, 1.54) is 18.1 Å². The molecule has 0 radical (unpaired) electrons. The van der Waals surface area contributed by atoms with Gasteiger partial charge in [-0.1, -0.05) is 11.8 Å². The molecule has 0 saturated carbocycles. The van der Waals surface area contributed by atoms with Gasteiger partial charge in [-0.2, -0.15) is 5.10 Å². The highest BCUT2D eigenvalue weighted by molar-refractivity contribution is 7.99. The van der Waals surface area contributed by atoms with Gasteiger partial charge in [0, 0.05) is 23.2 Å². The SMILES string of the molecule is Nc1ncnc2c1nc(Sc1cc3c(cc1-c1ccn[nH]1)OCO3)n2CCCS(N)(=O)=O. The minimum absolute atomic E-state index is 0.143. The molecule has 0 aliphatic carbocycles. The molecule has 0 fully saturated rings. The number of imidazole rings is 1. The maximum atomic E-state index is 11.4. The third-order valence-corrected chi connectivity index (χ3v) is 6.71. The molecule has 1 aromatic carbocycles. The van der Waals surface area contributed by atoms with Gasteiger partial charge >= 0.3 is 0 Å². The minimum Gasteiger partial charge on any atom is -0.454 e. The number of primary sulfonamides is 1. The molecular formula is C18H18N8O4S2. The van der Waals surface area contributed by atoms with Crippen LogP contribution in [0.3, 0.4) is 0 Å². The predicted octanol–water partition coefficient (Wildman–Crippen LogP) is 1.36. The highest BCUT2D eigenvalue weighted by Gasteiger charge is 2.22. The van der Waals surface area contributed by atoms with E-state index in [1.54, 1.807) is 6.20 Å². The first kappa shape index (κ1) is 20.5. The summed E-state index contributed by atoms with van der Waals surface area (Å²) in [7, 11) is -3.59. The number of nitrogens with one attached hydrogen (secondary N) is 1. The summed E-state index contributed by atoms with van der Waals surface area (Å²) in [5.41, 5.74) is 8.60. The number of anilines is 1. The van der Waals surface area contributed by atoms with E-state index in [9.17, 15) is 8.42 Å². The van der Waals surface area contributed by atoms with Crippen molar-refractivity contribution in [3.05, 3.63) is 30.7 Å². The third kappa shape index (κ3) is 3.94. The van der Waals surface area contributed by atoms with Crippen molar-refractivity contribution in [2.24, 2.45) is 5.14 Å². The van der Waals surface area contributed by atoms with E-state index in [0.29, 0.717) is 34.4 Å². The van der Waals surface area contributed by atoms with E-state index in [1.807, 2.05) is 22.8 Å². The Kier molecular flexibility index (Phi) is 5.11. The molecule has 12 nitrogen and oxygen atoms in total. The number of nitrogens with two attached hydrogens (primary N) is 2. The number of aromatic nitrogens is 6. The monoisotopic (exact) mass is 474 g/mol. The van der Waals surface area contributed by atoms with Gasteiger partial charge in [-0.3, -0.25) is 5.10 Å². The van der Waals surface area contributed by atoms with Crippen LogP contribution in [0.4, 0.5) is 5.82 Å². The fourth-order valence-corrected chi connectivity index (χ4v) is 4.96. The molecule has 0 spiro atoms. The molecule has 5 rings (SSSR count). The van der Waals surface area contributed by atoms with Crippen LogP contribution in [0, 0.1) is 0 Å². The van der Waals surface area contributed by atoms with Crippen molar-refractivity contribution in [1.82, 2.24) is 29.7 Å². The highest BCUT2D eigenvalue weighted by Crippen LogP contribution is 2.44. The van der Waals surface area contributed by atoms with Gasteiger partial charge < -0.3 is 19.8 Å². The Balaban J connectivity index is 1.58. The summed E-state index contributed by atoms with van der Waals surface area (Å²) < 4.78 is 35.7. The molecule has 1 aliphatic heterocycles. The number of fused-ring (bicyclic) bond motifs is 2. The molecule has 5 N–H and O–H groups in total. The topological polar surface area (TPSA) is 177 Å². The maximum absolute atomic E-state index is 11.4.